The molecule has 0 spiro atoms. The lowest BCUT2D eigenvalue weighted by molar-refractivity contribution is 0.154. The van der Waals surface area contributed by atoms with Gasteiger partial charge in [-0.2, -0.15) is 0 Å². The maximum Gasteiger partial charge on any atom is 0.325 e. The molecule has 1 rings (SSSR count). The molecule has 0 bridgehead atoms. The molecule has 4 nitrogen and oxygen atoms in total. The van der Waals surface area contributed by atoms with Crippen molar-refractivity contribution in [3.63, 3.8) is 0 Å². The highest BCUT2D eigenvalue weighted by atomic mass is 16.2. The Morgan fingerprint density at radius 2 is 2.00 bits per heavy atom. The zero-order valence-electron chi connectivity index (χ0n) is 7.98. The summed E-state index contributed by atoms with van der Waals surface area (Å²) in [4.78, 5) is 16.7. The fraction of sp³-hybridized carbons (Fsp3) is 0.625. The molecule has 0 aromatic heterocycles. The molecule has 2 amide bonds. The predicted molar refractivity (Wildman–Crippen MR) is 47.3 cm³/mol. The Morgan fingerprint density at radius 1 is 1.42 bits per heavy atom. The van der Waals surface area contributed by atoms with E-state index in [2.05, 4.69) is 0 Å². The Morgan fingerprint density at radius 3 is 2.33 bits per heavy atom. The van der Waals surface area contributed by atoms with Gasteiger partial charge in [-0.1, -0.05) is 0 Å². The van der Waals surface area contributed by atoms with Crippen molar-refractivity contribution in [3.8, 4) is 0 Å². The summed E-state index contributed by atoms with van der Waals surface area (Å²) in [5, 5.41) is 0. The molecule has 1 heterocycles. The van der Waals surface area contributed by atoms with Gasteiger partial charge in [0.15, 0.2) is 0 Å². The van der Waals surface area contributed by atoms with Crippen molar-refractivity contribution < 1.29 is 4.79 Å². The molecule has 0 saturated heterocycles. The van der Waals surface area contributed by atoms with Gasteiger partial charge in [0.05, 0.1) is 0 Å². The molecule has 0 saturated carbocycles. The zero-order chi connectivity index (χ0) is 9.30. The number of carbonyl (C=O) groups excluding carboxylic acids is 1. The predicted octanol–water partition coefficient (Wildman–Crippen LogP) is 0.733. The van der Waals surface area contributed by atoms with Crippen molar-refractivity contribution in [3.05, 3.63) is 12.4 Å². The SMILES string of the molecule is CC1N(C)C=CN1C(=O)N(C)C. The smallest absolute Gasteiger partial charge is 0.325 e. The van der Waals surface area contributed by atoms with Gasteiger partial charge in [0.25, 0.3) is 0 Å². The molecule has 0 N–H and O–H groups in total. The van der Waals surface area contributed by atoms with Crippen molar-refractivity contribution in [2.75, 3.05) is 21.1 Å². The molecule has 12 heavy (non-hydrogen) atoms. The quantitative estimate of drug-likeness (QED) is 0.534. The molecular formula is C8H15N3O. The summed E-state index contributed by atoms with van der Waals surface area (Å²) < 4.78 is 0. The second-order valence-electron chi connectivity index (χ2n) is 3.18. The summed E-state index contributed by atoms with van der Waals surface area (Å²) in [7, 11) is 5.45. The average Bonchev–Trinajstić information content (AvgIpc) is 2.32. The van der Waals surface area contributed by atoms with Crippen LogP contribution in [0.15, 0.2) is 12.4 Å². The highest BCUT2D eigenvalue weighted by Crippen LogP contribution is 2.13. The van der Waals surface area contributed by atoms with Crippen LogP contribution in [0.4, 0.5) is 4.79 Å². The summed E-state index contributed by atoms with van der Waals surface area (Å²) in [5.74, 6) is 0. The first-order valence-corrected chi connectivity index (χ1v) is 3.94. The highest BCUT2D eigenvalue weighted by Gasteiger charge is 2.25. The van der Waals surface area contributed by atoms with E-state index in [-0.39, 0.29) is 12.2 Å². The van der Waals surface area contributed by atoms with E-state index >= 15 is 0 Å². The largest absolute Gasteiger partial charge is 0.359 e. The summed E-state index contributed by atoms with van der Waals surface area (Å²) in [6.45, 7) is 1.99. The molecule has 0 aliphatic carbocycles. The van der Waals surface area contributed by atoms with E-state index in [0.717, 1.165) is 0 Å². The number of rotatable bonds is 0. The van der Waals surface area contributed by atoms with Gasteiger partial charge in [-0.05, 0) is 6.92 Å². The topological polar surface area (TPSA) is 26.8 Å². The first-order valence-electron chi connectivity index (χ1n) is 3.94. The Hall–Kier alpha value is -1.19. The minimum Gasteiger partial charge on any atom is -0.359 e. The monoisotopic (exact) mass is 169 g/mol. The fourth-order valence-electron chi connectivity index (χ4n) is 1.08. The van der Waals surface area contributed by atoms with Crippen LogP contribution in [-0.4, -0.2) is 48.0 Å². The zero-order valence-corrected chi connectivity index (χ0v) is 7.98. The molecule has 1 aliphatic heterocycles. The Balaban J connectivity index is 2.66. The van der Waals surface area contributed by atoms with Crippen LogP contribution in [0, 0.1) is 0 Å². The molecule has 0 fully saturated rings. The number of hydrogen-bond donors (Lipinski definition) is 0. The standard InChI is InChI=1S/C8H15N3O/c1-7-10(4)5-6-11(7)8(12)9(2)3/h5-7H,1-4H3. The average molecular weight is 169 g/mol. The summed E-state index contributed by atoms with van der Waals surface area (Å²) in [6.07, 6.45) is 3.82. The molecule has 1 unspecified atom stereocenters. The third kappa shape index (κ3) is 1.37. The lowest BCUT2D eigenvalue weighted by Gasteiger charge is -2.27. The maximum absolute atomic E-state index is 11.5. The minimum absolute atomic E-state index is 0.0168. The summed E-state index contributed by atoms with van der Waals surface area (Å²) in [5.41, 5.74) is 0. The van der Waals surface area contributed by atoms with Gasteiger partial charge >= 0.3 is 6.03 Å². The molecule has 1 aliphatic rings. The second kappa shape index (κ2) is 3.05. The van der Waals surface area contributed by atoms with Crippen LogP contribution in [-0.2, 0) is 0 Å². The van der Waals surface area contributed by atoms with E-state index in [0.29, 0.717) is 0 Å². The Kier molecular flexibility index (Phi) is 2.26. The molecule has 0 radical (unpaired) electrons. The van der Waals surface area contributed by atoms with Crippen molar-refractivity contribution in [1.29, 1.82) is 0 Å². The van der Waals surface area contributed by atoms with E-state index < -0.39 is 0 Å². The Labute approximate surface area is 73.0 Å². The van der Waals surface area contributed by atoms with Crippen LogP contribution < -0.4 is 0 Å². The molecular weight excluding hydrogens is 154 g/mol. The summed E-state index contributed by atoms with van der Waals surface area (Å²) in [6, 6.07) is 0.0168. The number of amides is 2. The van der Waals surface area contributed by atoms with Crippen molar-refractivity contribution in [1.82, 2.24) is 14.7 Å². The van der Waals surface area contributed by atoms with Gasteiger partial charge in [-0.3, -0.25) is 4.90 Å². The van der Waals surface area contributed by atoms with Crippen LogP contribution >= 0.6 is 0 Å². The first-order chi connectivity index (χ1) is 5.54. The molecule has 0 aromatic rings. The highest BCUT2D eigenvalue weighted by molar-refractivity contribution is 5.75. The van der Waals surface area contributed by atoms with Crippen molar-refractivity contribution >= 4 is 6.03 Å². The molecule has 0 aromatic carbocycles. The van der Waals surface area contributed by atoms with E-state index in [1.54, 1.807) is 30.1 Å². The maximum atomic E-state index is 11.5. The number of urea groups is 1. The number of nitrogens with zero attached hydrogens (tertiary/aromatic N) is 3. The van der Waals surface area contributed by atoms with Gasteiger partial charge < -0.3 is 9.80 Å². The van der Waals surface area contributed by atoms with E-state index in [1.807, 2.05) is 25.1 Å². The Bertz CT molecular complexity index is 212. The van der Waals surface area contributed by atoms with Gasteiger partial charge in [-0.25, -0.2) is 4.79 Å². The van der Waals surface area contributed by atoms with E-state index in [9.17, 15) is 4.79 Å². The van der Waals surface area contributed by atoms with Gasteiger partial charge in [0, 0.05) is 33.5 Å². The van der Waals surface area contributed by atoms with Crippen molar-refractivity contribution in [2.45, 2.75) is 13.1 Å². The van der Waals surface area contributed by atoms with Gasteiger partial charge in [0.1, 0.15) is 6.17 Å². The third-order valence-electron chi connectivity index (χ3n) is 2.06. The van der Waals surface area contributed by atoms with Crippen LogP contribution in [0.3, 0.4) is 0 Å². The van der Waals surface area contributed by atoms with Crippen LogP contribution in [0.25, 0.3) is 0 Å². The van der Waals surface area contributed by atoms with Crippen LogP contribution in [0.2, 0.25) is 0 Å². The second-order valence-corrected chi connectivity index (χ2v) is 3.18. The van der Waals surface area contributed by atoms with Crippen LogP contribution in [0.1, 0.15) is 6.92 Å². The van der Waals surface area contributed by atoms with E-state index in [1.165, 1.54) is 0 Å². The molecule has 1 atom stereocenters. The third-order valence-corrected chi connectivity index (χ3v) is 2.06. The first kappa shape index (κ1) is 8.90. The van der Waals surface area contributed by atoms with E-state index in [4.69, 9.17) is 0 Å². The van der Waals surface area contributed by atoms with Gasteiger partial charge in [-0.15, -0.1) is 0 Å². The fourth-order valence-corrected chi connectivity index (χ4v) is 1.08. The molecule has 4 heteroatoms. The van der Waals surface area contributed by atoms with Crippen molar-refractivity contribution in [2.24, 2.45) is 0 Å². The lowest BCUT2D eigenvalue weighted by atomic mass is 10.5. The number of carbonyl (C=O) groups is 1. The molecule has 68 valence electrons. The van der Waals surface area contributed by atoms with Crippen LogP contribution in [0.5, 0.6) is 0 Å². The lowest BCUT2D eigenvalue weighted by Crippen LogP contribution is -2.42. The summed E-state index contributed by atoms with van der Waals surface area (Å²) >= 11 is 0. The van der Waals surface area contributed by atoms with Gasteiger partial charge in [0.2, 0.25) is 0 Å². The number of hydrogen-bond acceptors (Lipinski definition) is 2. The normalized spacial score (nSPS) is 21.8. The minimum atomic E-state index is 0.0168.